The molecule has 1 aromatic rings. The zero-order valence-electron chi connectivity index (χ0n) is 11.1. The van der Waals surface area contributed by atoms with E-state index in [-0.39, 0.29) is 44.1 Å². The summed E-state index contributed by atoms with van der Waals surface area (Å²) in [5, 5.41) is 31.6. The number of carboxylic acid groups (broad SMARTS) is 1. The van der Waals surface area contributed by atoms with Crippen molar-refractivity contribution in [2.24, 2.45) is 0 Å². The van der Waals surface area contributed by atoms with Crippen LogP contribution in [0.3, 0.4) is 0 Å². The van der Waals surface area contributed by atoms with Crippen molar-refractivity contribution in [3.8, 4) is 0 Å². The molecule has 0 aromatic carbocycles. The van der Waals surface area contributed by atoms with Gasteiger partial charge >= 0.3 is 5.97 Å². The van der Waals surface area contributed by atoms with Gasteiger partial charge in [-0.25, -0.2) is 0 Å². The molecular weight excluding hydrogens is 268 g/mol. The smallest absolute Gasteiger partial charge is 0.322 e. The van der Waals surface area contributed by atoms with Crippen LogP contribution in [0.25, 0.3) is 0 Å². The molecule has 1 rings (SSSR count). The first kappa shape index (κ1) is 15.9. The molecule has 0 unspecified atom stereocenters. The van der Waals surface area contributed by atoms with Gasteiger partial charge in [-0.1, -0.05) is 0 Å². The van der Waals surface area contributed by atoms with Crippen molar-refractivity contribution in [3.63, 3.8) is 0 Å². The fourth-order valence-electron chi connectivity index (χ4n) is 1.27. The van der Waals surface area contributed by atoms with E-state index in [1.54, 1.807) is 11.9 Å². The minimum Gasteiger partial charge on any atom is -0.480 e. The molecule has 0 amide bonds. The van der Waals surface area contributed by atoms with Gasteiger partial charge in [-0.2, -0.15) is 15.0 Å². The molecule has 0 aliphatic heterocycles. The number of hydrogen-bond donors (Lipinski definition) is 5. The number of rotatable bonds is 9. The van der Waals surface area contributed by atoms with E-state index in [2.05, 4.69) is 25.6 Å². The maximum absolute atomic E-state index is 10.5. The Labute approximate surface area is 115 Å². The van der Waals surface area contributed by atoms with Gasteiger partial charge in [0.2, 0.25) is 17.8 Å². The Balaban J connectivity index is 2.91. The molecule has 20 heavy (non-hydrogen) atoms. The second-order valence-electron chi connectivity index (χ2n) is 3.83. The molecule has 0 aliphatic rings. The number of hydrogen-bond acceptors (Lipinski definition) is 9. The predicted octanol–water partition coefficient (Wildman–Crippen LogP) is -1.80. The van der Waals surface area contributed by atoms with Crippen LogP contribution in [-0.2, 0) is 4.79 Å². The maximum atomic E-state index is 10.5. The van der Waals surface area contributed by atoms with Gasteiger partial charge in [0.1, 0.15) is 6.54 Å². The van der Waals surface area contributed by atoms with Crippen LogP contribution in [0.4, 0.5) is 17.8 Å². The molecule has 1 heterocycles. The first-order valence-electron chi connectivity index (χ1n) is 5.95. The summed E-state index contributed by atoms with van der Waals surface area (Å²) >= 11 is 0. The summed E-state index contributed by atoms with van der Waals surface area (Å²) in [5.74, 6) is -0.452. The highest BCUT2D eigenvalue weighted by Crippen LogP contribution is 2.11. The molecule has 10 nitrogen and oxygen atoms in total. The quantitative estimate of drug-likeness (QED) is 0.352. The van der Waals surface area contributed by atoms with E-state index in [9.17, 15) is 4.79 Å². The van der Waals surface area contributed by atoms with Crippen molar-refractivity contribution in [2.45, 2.75) is 0 Å². The van der Waals surface area contributed by atoms with Crippen molar-refractivity contribution in [2.75, 3.05) is 55.4 Å². The van der Waals surface area contributed by atoms with E-state index in [0.717, 1.165) is 0 Å². The van der Waals surface area contributed by atoms with Gasteiger partial charge < -0.3 is 30.9 Å². The van der Waals surface area contributed by atoms with Crippen molar-refractivity contribution in [3.05, 3.63) is 0 Å². The average molecular weight is 286 g/mol. The van der Waals surface area contributed by atoms with E-state index < -0.39 is 5.97 Å². The Morgan fingerprint density at radius 3 is 2.35 bits per heavy atom. The molecule has 0 saturated heterocycles. The molecule has 0 atom stereocenters. The molecule has 1 aromatic heterocycles. The van der Waals surface area contributed by atoms with Crippen LogP contribution in [0.15, 0.2) is 0 Å². The summed E-state index contributed by atoms with van der Waals surface area (Å²) in [6.45, 7) is 0.0881. The fraction of sp³-hybridized carbons (Fsp3) is 0.600. The summed E-state index contributed by atoms with van der Waals surface area (Å²) < 4.78 is 0. The highest BCUT2D eigenvalue weighted by molar-refractivity contribution is 5.72. The van der Waals surface area contributed by atoms with Crippen LogP contribution in [-0.4, -0.2) is 76.1 Å². The van der Waals surface area contributed by atoms with E-state index in [0.29, 0.717) is 6.54 Å². The molecule has 0 saturated carbocycles. The fourth-order valence-corrected chi connectivity index (χ4v) is 1.27. The molecule has 112 valence electrons. The van der Waals surface area contributed by atoms with Crippen molar-refractivity contribution < 1.29 is 20.1 Å². The van der Waals surface area contributed by atoms with Gasteiger partial charge in [0.05, 0.1) is 13.2 Å². The first-order valence-corrected chi connectivity index (χ1v) is 5.95. The lowest BCUT2D eigenvalue weighted by Crippen LogP contribution is -2.25. The van der Waals surface area contributed by atoms with E-state index in [1.165, 1.54) is 0 Å². The van der Waals surface area contributed by atoms with E-state index in [1.807, 2.05) is 0 Å². The highest BCUT2D eigenvalue weighted by Gasteiger charge is 2.10. The minimum absolute atomic E-state index is 0.0700. The Bertz CT molecular complexity index is 444. The van der Waals surface area contributed by atoms with Crippen LogP contribution < -0.4 is 15.5 Å². The zero-order chi connectivity index (χ0) is 15.0. The maximum Gasteiger partial charge on any atom is 0.322 e. The number of carbonyl (C=O) groups is 1. The van der Waals surface area contributed by atoms with Crippen molar-refractivity contribution >= 4 is 23.8 Å². The topological polar surface area (TPSA) is 144 Å². The zero-order valence-corrected chi connectivity index (χ0v) is 11.1. The summed E-state index contributed by atoms with van der Waals surface area (Å²) in [4.78, 5) is 24.2. The normalized spacial score (nSPS) is 10.2. The van der Waals surface area contributed by atoms with Crippen LogP contribution in [0.2, 0.25) is 0 Å². The molecular formula is C10H18N6O4. The lowest BCUT2D eigenvalue weighted by Gasteiger charge is -2.17. The molecule has 10 heteroatoms. The van der Waals surface area contributed by atoms with Crippen LogP contribution in [0.5, 0.6) is 0 Å². The predicted molar refractivity (Wildman–Crippen MR) is 71.9 cm³/mol. The van der Waals surface area contributed by atoms with Gasteiger partial charge in [-0.3, -0.25) is 4.79 Å². The minimum atomic E-state index is -1.04. The SMILES string of the molecule is CN(CCO)c1nc(NCCO)nc(NCC(=O)O)n1. The molecule has 0 fully saturated rings. The third-order valence-corrected chi connectivity index (χ3v) is 2.19. The molecule has 0 spiro atoms. The Hall–Kier alpha value is -2.20. The number of carboxylic acids is 1. The van der Waals surface area contributed by atoms with Gasteiger partial charge in [0.25, 0.3) is 0 Å². The van der Waals surface area contributed by atoms with Gasteiger partial charge in [-0.15, -0.1) is 0 Å². The number of nitrogens with one attached hydrogen (secondary N) is 2. The molecule has 0 bridgehead atoms. The van der Waals surface area contributed by atoms with Gasteiger partial charge in [0, 0.05) is 20.1 Å². The average Bonchev–Trinajstić information content (AvgIpc) is 2.43. The molecule has 0 radical (unpaired) electrons. The molecule has 0 aliphatic carbocycles. The van der Waals surface area contributed by atoms with Crippen molar-refractivity contribution in [1.82, 2.24) is 15.0 Å². The number of aliphatic carboxylic acids is 1. The number of anilines is 3. The van der Waals surface area contributed by atoms with Gasteiger partial charge in [-0.05, 0) is 0 Å². The van der Waals surface area contributed by atoms with Crippen molar-refractivity contribution in [1.29, 1.82) is 0 Å². The third-order valence-electron chi connectivity index (χ3n) is 2.19. The van der Waals surface area contributed by atoms with Crippen LogP contribution >= 0.6 is 0 Å². The van der Waals surface area contributed by atoms with Crippen LogP contribution in [0.1, 0.15) is 0 Å². The Kier molecular flexibility index (Phi) is 6.40. The van der Waals surface area contributed by atoms with Gasteiger partial charge in [0.15, 0.2) is 0 Å². The lowest BCUT2D eigenvalue weighted by atomic mass is 10.6. The number of aliphatic hydroxyl groups excluding tert-OH is 2. The second-order valence-corrected chi connectivity index (χ2v) is 3.83. The standard InChI is InChI=1S/C10H18N6O4/c1-16(3-5-18)10-14-8(11-2-4-17)13-9(15-10)12-6-7(19)20/h17-18H,2-6H2,1H3,(H,19,20)(H2,11,12,13,14,15). The number of nitrogens with zero attached hydrogens (tertiary/aromatic N) is 4. The lowest BCUT2D eigenvalue weighted by molar-refractivity contribution is -0.134. The number of aromatic nitrogens is 3. The second kappa shape index (κ2) is 8.07. The Morgan fingerprint density at radius 2 is 1.80 bits per heavy atom. The number of aliphatic hydroxyl groups is 2. The van der Waals surface area contributed by atoms with Crippen LogP contribution in [0, 0.1) is 0 Å². The summed E-state index contributed by atoms with van der Waals surface area (Å²) in [5.41, 5.74) is 0. The highest BCUT2D eigenvalue weighted by atomic mass is 16.4. The largest absolute Gasteiger partial charge is 0.480 e. The van der Waals surface area contributed by atoms with E-state index >= 15 is 0 Å². The van der Waals surface area contributed by atoms with E-state index in [4.69, 9.17) is 15.3 Å². The number of likely N-dealkylation sites (N-methyl/N-ethyl adjacent to an activating group) is 1. The summed E-state index contributed by atoms with van der Waals surface area (Å²) in [7, 11) is 1.68. The third kappa shape index (κ3) is 5.20. The summed E-state index contributed by atoms with van der Waals surface area (Å²) in [6, 6.07) is 0. The Morgan fingerprint density at radius 1 is 1.15 bits per heavy atom. The first-order chi connectivity index (χ1) is 9.56. The summed E-state index contributed by atoms with van der Waals surface area (Å²) in [6.07, 6.45) is 0. The monoisotopic (exact) mass is 286 g/mol. The molecule has 5 N–H and O–H groups in total.